The number of benzene rings is 2. The normalized spacial score (nSPS) is 10.3. The Hall–Kier alpha value is -1.71. The minimum Gasteiger partial charge on any atom is -0.384 e. The van der Waals surface area contributed by atoms with E-state index in [1.54, 1.807) is 18.2 Å². The van der Waals surface area contributed by atoms with Gasteiger partial charge in [-0.3, -0.25) is 4.79 Å². The largest absolute Gasteiger partial charge is 0.384 e. The van der Waals surface area contributed by atoms with Crippen molar-refractivity contribution < 1.29 is 4.79 Å². The van der Waals surface area contributed by atoms with Crippen LogP contribution in [0.25, 0.3) is 0 Å². The smallest absolute Gasteiger partial charge is 0.222 e. The quantitative estimate of drug-likeness (QED) is 0.819. The van der Waals surface area contributed by atoms with Crippen LogP contribution in [-0.2, 0) is 11.3 Å². The van der Waals surface area contributed by atoms with Crippen LogP contribution >= 0.6 is 23.2 Å². The van der Waals surface area contributed by atoms with Crippen molar-refractivity contribution in [3.05, 3.63) is 63.6 Å². The highest BCUT2D eigenvalue weighted by molar-refractivity contribution is 6.35. The SMILES string of the molecule is Cc1cccc(CNC(=O)CCNc2cc(Cl)cc(Cl)c2)c1. The summed E-state index contributed by atoms with van der Waals surface area (Å²) in [4.78, 5) is 11.8. The van der Waals surface area contributed by atoms with Gasteiger partial charge in [0.05, 0.1) is 0 Å². The molecule has 2 N–H and O–H groups in total. The number of anilines is 1. The molecule has 116 valence electrons. The molecule has 0 aliphatic rings. The molecule has 2 aromatic rings. The number of hydrogen-bond acceptors (Lipinski definition) is 2. The first kappa shape index (κ1) is 16.7. The monoisotopic (exact) mass is 336 g/mol. The maximum atomic E-state index is 11.8. The van der Waals surface area contributed by atoms with Gasteiger partial charge in [-0.25, -0.2) is 0 Å². The second-order valence-corrected chi connectivity index (χ2v) is 5.97. The highest BCUT2D eigenvalue weighted by Crippen LogP contribution is 2.22. The van der Waals surface area contributed by atoms with Gasteiger partial charge in [0.15, 0.2) is 0 Å². The molecule has 3 nitrogen and oxygen atoms in total. The molecule has 0 saturated carbocycles. The van der Waals surface area contributed by atoms with E-state index in [0.29, 0.717) is 29.6 Å². The Morgan fingerprint density at radius 2 is 1.82 bits per heavy atom. The lowest BCUT2D eigenvalue weighted by Gasteiger charge is -2.09. The molecule has 0 radical (unpaired) electrons. The predicted molar refractivity (Wildman–Crippen MR) is 92.6 cm³/mol. The van der Waals surface area contributed by atoms with E-state index in [1.165, 1.54) is 5.56 Å². The van der Waals surface area contributed by atoms with Crippen molar-refractivity contribution >= 4 is 34.8 Å². The van der Waals surface area contributed by atoms with E-state index >= 15 is 0 Å². The van der Waals surface area contributed by atoms with Crippen LogP contribution in [0.1, 0.15) is 17.5 Å². The van der Waals surface area contributed by atoms with Crippen LogP contribution in [0.2, 0.25) is 10.0 Å². The zero-order chi connectivity index (χ0) is 15.9. The first-order valence-electron chi connectivity index (χ1n) is 7.05. The molecule has 0 atom stereocenters. The Balaban J connectivity index is 1.73. The van der Waals surface area contributed by atoms with E-state index in [-0.39, 0.29) is 5.91 Å². The molecule has 0 aliphatic heterocycles. The van der Waals surface area contributed by atoms with Gasteiger partial charge in [-0.15, -0.1) is 0 Å². The van der Waals surface area contributed by atoms with Crippen molar-refractivity contribution in [2.24, 2.45) is 0 Å². The fourth-order valence-electron chi connectivity index (χ4n) is 2.09. The molecule has 1 amide bonds. The maximum absolute atomic E-state index is 11.8. The summed E-state index contributed by atoms with van der Waals surface area (Å²) >= 11 is 11.8. The van der Waals surface area contributed by atoms with Gasteiger partial charge in [0.2, 0.25) is 5.91 Å². The third-order valence-corrected chi connectivity index (χ3v) is 3.55. The number of carbonyl (C=O) groups excluding carboxylic acids is 1. The standard InChI is InChI=1S/C17H18Cl2N2O/c1-12-3-2-4-13(7-12)11-21-17(22)5-6-20-16-9-14(18)8-15(19)10-16/h2-4,7-10,20H,5-6,11H2,1H3,(H,21,22). The lowest BCUT2D eigenvalue weighted by atomic mass is 10.1. The van der Waals surface area contributed by atoms with Gasteiger partial charge in [-0.2, -0.15) is 0 Å². The summed E-state index contributed by atoms with van der Waals surface area (Å²) in [5.74, 6) is 0.00197. The lowest BCUT2D eigenvalue weighted by Crippen LogP contribution is -2.24. The van der Waals surface area contributed by atoms with Crippen LogP contribution < -0.4 is 10.6 Å². The summed E-state index contributed by atoms with van der Waals surface area (Å²) in [5, 5.41) is 7.18. The van der Waals surface area contributed by atoms with Crippen LogP contribution in [0, 0.1) is 6.92 Å². The molecule has 5 heteroatoms. The van der Waals surface area contributed by atoms with Crippen molar-refractivity contribution in [3.63, 3.8) is 0 Å². The van der Waals surface area contributed by atoms with Crippen molar-refractivity contribution in [2.75, 3.05) is 11.9 Å². The minimum absolute atomic E-state index is 0.00197. The maximum Gasteiger partial charge on any atom is 0.222 e. The molecule has 0 unspecified atom stereocenters. The summed E-state index contributed by atoms with van der Waals surface area (Å²) in [6.45, 7) is 3.10. The summed E-state index contributed by atoms with van der Waals surface area (Å²) in [6, 6.07) is 13.3. The van der Waals surface area contributed by atoms with Crippen molar-refractivity contribution in [1.82, 2.24) is 5.32 Å². The first-order valence-corrected chi connectivity index (χ1v) is 7.81. The van der Waals surface area contributed by atoms with Crippen LogP contribution in [-0.4, -0.2) is 12.5 Å². The zero-order valence-corrected chi connectivity index (χ0v) is 13.8. The van der Waals surface area contributed by atoms with Crippen molar-refractivity contribution in [3.8, 4) is 0 Å². The highest BCUT2D eigenvalue weighted by atomic mass is 35.5. The average molecular weight is 337 g/mol. The van der Waals surface area contributed by atoms with Gasteiger partial charge in [0.1, 0.15) is 0 Å². The van der Waals surface area contributed by atoms with Crippen molar-refractivity contribution in [2.45, 2.75) is 19.9 Å². The van der Waals surface area contributed by atoms with Gasteiger partial charge in [-0.1, -0.05) is 53.0 Å². The number of halogens is 2. The van der Waals surface area contributed by atoms with Crippen molar-refractivity contribution in [1.29, 1.82) is 0 Å². The molecule has 2 aromatic carbocycles. The molecule has 22 heavy (non-hydrogen) atoms. The number of aryl methyl sites for hydroxylation is 1. The molecule has 0 aromatic heterocycles. The Kier molecular flexibility index (Phi) is 6.10. The summed E-state index contributed by atoms with van der Waals surface area (Å²) in [5.41, 5.74) is 3.10. The molecule has 0 saturated heterocycles. The molecule has 0 aliphatic carbocycles. The van der Waals surface area contributed by atoms with Crippen LogP contribution in [0.4, 0.5) is 5.69 Å². The third kappa shape index (κ3) is 5.58. The Morgan fingerprint density at radius 3 is 2.50 bits per heavy atom. The molecule has 0 spiro atoms. The second kappa shape index (κ2) is 8.06. The van der Waals surface area contributed by atoms with Gasteiger partial charge in [0.25, 0.3) is 0 Å². The van der Waals surface area contributed by atoms with Crippen LogP contribution in [0.15, 0.2) is 42.5 Å². The van der Waals surface area contributed by atoms with E-state index in [1.807, 2.05) is 25.1 Å². The Morgan fingerprint density at radius 1 is 1.09 bits per heavy atom. The lowest BCUT2D eigenvalue weighted by molar-refractivity contribution is -0.121. The molecule has 2 rings (SSSR count). The molecule has 0 fully saturated rings. The zero-order valence-electron chi connectivity index (χ0n) is 12.3. The van der Waals surface area contributed by atoms with Crippen LogP contribution in [0.3, 0.4) is 0 Å². The average Bonchev–Trinajstić information content (AvgIpc) is 2.44. The summed E-state index contributed by atoms with van der Waals surface area (Å²) in [7, 11) is 0. The number of hydrogen-bond donors (Lipinski definition) is 2. The van der Waals surface area contributed by atoms with Gasteiger partial charge < -0.3 is 10.6 Å². The highest BCUT2D eigenvalue weighted by Gasteiger charge is 2.03. The number of nitrogens with one attached hydrogen (secondary N) is 2. The van der Waals surface area contributed by atoms with Crippen LogP contribution in [0.5, 0.6) is 0 Å². The number of amides is 1. The molecular formula is C17H18Cl2N2O. The third-order valence-electron chi connectivity index (χ3n) is 3.12. The second-order valence-electron chi connectivity index (χ2n) is 5.10. The summed E-state index contributed by atoms with van der Waals surface area (Å²) in [6.07, 6.45) is 0.385. The van der Waals surface area contributed by atoms with Gasteiger partial charge in [-0.05, 0) is 30.7 Å². The Labute approximate surface area is 140 Å². The minimum atomic E-state index is 0.00197. The number of rotatable bonds is 6. The van der Waals surface area contributed by atoms with E-state index in [9.17, 15) is 4.79 Å². The van der Waals surface area contributed by atoms with E-state index < -0.39 is 0 Å². The Bertz CT molecular complexity index is 639. The first-order chi connectivity index (χ1) is 10.5. The molecular weight excluding hydrogens is 319 g/mol. The number of carbonyl (C=O) groups is 1. The van der Waals surface area contributed by atoms with Gasteiger partial charge >= 0.3 is 0 Å². The molecule has 0 bridgehead atoms. The summed E-state index contributed by atoms with van der Waals surface area (Å²) < 4.78 is 0. The molecule has 0 heterocycles. The van der Waals surface area contributed by atoms with E-state index in [2.05, 4.69) is 16.7 Å². The predicted octanol–water partition coefficient (Wildman–Crippen LogP) is 4.42. The van der Waals surface area contributed by atoms with Gasteiger partial charge in [0, 0.05) is 35.2 Å². The van der Waals surface area contributed by atoms with E-state index in [4.69, 9.17) is 23.2 Å². The fourth-order valence-corrected chi connectivity index (χ4v) is 2.61. The van der Waals surface area contributed by atoms with E-state index in [0.717, 1.165) is 11.3 Å². The fraction of sp³-hybridized carbons (Fsp3) is 0.235. The topological polar surface area (TPSA) is 41.1 Å².